The topological polar surface area (TPSA) is 15.3 Å². The van der Waals surface area contributed by atoms with Crippen LogP contribution in [0.1, 0.15) is 17.2 Å². The van der Waals surface area contributed by atoms with Crippen molar-refractivity contribution in [2.45, 2.75) is 18.4 Å². The van der Waals surface area contributed by atoms with Crippen LogP contribution in [0.3, 0.4) is 0 Å². The van der Waals surface area contributed by atoms with Crippen LogP contribution >= 0.6 is 12.4 Å². The molecule has 0 spiro atoms. The van der Waals surface area contributed by atoms with E-state index < -0.39 is 24.0 Å². The smallest absolute Gasteiger partial charge is 0.314 e. The zero-order chi connectivity index (χ0) is 15.7. The molecule has 1 fully saturated rings. The Labute approximate surface area is 129 Å². The van der Waals surface area contributed by atoms with Crippen molar-refractivity contribution in [3.8, 4) is 0 Å². The number of nitrogens with one attached hydrogen (secondary N) is 1. The molecule has 0 saturated carbocycles. The fourth-order valence-electron chi connectivity index (χ4n) is 2.43. The summed E-state index contributed by atoms with van der Waals surface area (Å²) in [5.74, 6) is 0. The summed E-state index contributed by atoms with van der Waals surface area (Å²) < 4.78 is 77.8. The molecule has 0 aliphatic carbocycles. The maximum absolute atomic E-state index is 13.3. The molecule has 1 aliphatic rings. The third kappa shape index (κ3) is 4.50. The highest BCUT2D eigenvalue weighted by Gasteiger charge is 2.45. The molecule has 1 aromatic rings. The summed E-state index contributed by atoms with van der Waals surface area (Å²) in [5.41, 5.74) is -1.44. The number of hydrogen-bond acceptors (Lipinski definition) is 2. The molecule has 22 heavy (non-hydrogen) atoms. The lowest BCUT2D eigenvalue weighted by atomic mass is 10.0. The molecule has 1 saturated heterocycles. The summed E-state index contributed by atoms with van der Waals surface area (Å²) in [4.78, 5) is 1.16. The molecule has 0 aromatic heterocycles. The maximum Gasteiger partial charge on any atom is 0.416 e. The number of halogens is 7. The van der Waals surface area contributed by atoms with Gasteiger partial charge in [-0.05, 0) is 17.7 Å². The van der Waals surface area contributed by atoms with E-state index in [2.05, 4.69) is 5.32 Å². The highest BCUT2D eigenvalue weighted by Crippen LogP contribution is 2.39. The molecule has 1 heterocycles. The van der Waals surface area contributed by atoms with Crippen molar-refractivity contribution in [3.05, 3.63) is 35.4 Å². The highest BCUT2D eigenvalue weighted by atomic mass is 35.5. The van der Waals surface area contributed by atoms with Gasteiger partial charge in [-0.1, -0.05) is 12.1 Å². The molecular formula is C13H15ClF6N2. The van der Waals surface area contributed by atoms with Crippen LogP contribution in [0.5, 0.6) is 0 Å². The van der Waals surface area contributed by atoms with E-state index in [0.717, 1.165) is 23.1 Å². The molecule has 0 bridgehead atoms. The van der Waals surface area contributed by atoms with E-state index in [0.29, 0.717) is 19.2 Å². The Kier molecular flexibility index (Phi) is 6.11. The van der Waals surface area contributed by atoms with Crippen LogP contribution in [-0.4, -0.2) is 37.3 Å². The summed E-state index contributed by atoms with van der Waals surface area (Å²) in [5, 5.41) is 2.92. The molecule has 0 amide bonds. The average molecular weight is 349 g/mol. The van der Waals surface area contributed by atoms with Crippen molar-refractivity contribution < 1.29 is 26.3 Å². The van der Waals surface area contributed by atoms with Crippen molar-refractivity contribution >= 4 is 12.4 Å². The Hall–Kier alpha value is -0.990. The molecule has 0 unspecified atom stereocenters. The van der Waals surface area contributed by atoms with E-state index in [9.17, 15) is 26.3 Å². The van der Waals surface area contributed by atoms with Crippen molar-refractivity contribution in [1.82, 2.24) is 10.2 Å². The number of rotatable bonds is 2. The van der Waals surface area contributed by atoms with Crippen LogP contribution in [-0.2, 0) is 6.18 Å². The minimum Gasteiger partial charge on any atom is -0.314 e. The first-order chi connectivity index (χ1) is 9.69. The number of piperazine rings is 1. The highest BCUT2D eigenvalue weighted by molar-refractivity contribution is 5.85. The second kappa shape index (κ2) is 7.06. The molecule has 0 radical (unpaired) electrons. The van der Waals surface area contributed by atoms with Gasteiger partial charge in [-0.2, -0.15) is 26.3 Å². The van der Waals surface area contributed by atoms with Gasteiger partial charge in [0.05, 0.1) is 5.56 Å². The Morgan fingerprint density at radius 1 is 1.00 bits per heavy atom. The minimum atomic E-state index is -4.66. The van der Waals surface area contributed by atoms with Gasteiger partial charge in [0.15, 0.2) is 0 Å². The molecule has 1 atom stereocenters. The van der Waals surface area contributed by atoms with Crippen molar-refractivity contribution in [3.63, 3.8) is 0 Å². The van der Waals surface area contributed by atoms with Crippen LogP contribution in [0.25, 0.3) is 0 Å². The second-order valence-corrected chi connectivity index (χ2v) is 4.85. The lowest BCUT2D eigenvalue weighted by molar-refractivity contribution is -0.188. The maximum atomic E-state index is 13.3. The van der Waals surface area contributed by atoms with E-state index in [4.69, 9.17) is 0 Å². The van der Waals surface area contributed by atoms with Gasteiger partial charge < -0.3 is 5.32 Å². The van der Waals surface area contributed by atoms with Crippen LogP contribution in [0.4, 0.5) is 26.3 Å². The predicted molar refractivity (Wildman–Crippen MR) is 71.9 cm³/mol. The van der Waals surface area contributed by atoms with Gasteiger partial charge in [0.25, 0.3) is 0 Å². The predicted octanol–water partition coefficient (Wildman–Crippen LogP) is 3.64. The van der Waals surface area contributed by atoms with E-state index in [1.54, 1.807) is 0 Å². The quantitative estimate of drug-likeness (QED) is 0.821. The largest absolute Gasteiger partial charge is 0.416 e. The van der Waals surface area contributed by atoms with Gasteiger partial charge in [-0.15, -0.1) is 12.4 Å². The fraction of sp³-hybridized carbons (Fsp3) is 0.538. The lowest BCUT2D eigenvalue weighted by Crippen LogP contribution is -2.49. The van der Waals surface area contributed by atoms with Crippen LogP contribution in [0.2, 0.25) is 0 Å². The Balaban J connectivity index is 0.00000242. The summed E-state index contributed by atoms with van der Waals surface area (Å²) in [6.07, 6.45) is -9.28. The zero-order valence-electron chi connectivity index (χ0n) is 11.3. The standard InChI is InChI=1S/C13H14F6N2.ClH/c14-12(15,16)10-3-1-2-9(8-10)11(13(17,18)19)21-6-4-20-5-7-21;/h1-3,8,11,20H,4-7H2;1H/t11-;/m0./s1. The van der Waals surface area contributed by atoms with Gasteiger partial charge in [0.1, 0.15) is 6.04 Å². The van der Waals surface area contributed by atoms with Crippen LogP contribution in [0, 0.1) is 0 Å². The normalized spacial score (nSPS) is 18.6. The number of nitrogens with zero attached hydrogens (tertiary/aromatic N) is 1. The van der Waals surface area contributed by atoms with Gasteiger partial charge in [-0.3, -0.25) is 4.90 Å². The molecule has 2 nitrogen and oxygen atoms in total. The third-order valence-corrected chi connectivity index (χ3v) is 3.36. The van der Waals surface area contributed by atoms with E-state index in [1.165, 1.54) is 0 Å². The summed E-state index contributed by atoms with van der Waals surface area (Å²) in [6, 6.07) is 1.45. The second-order valence-electron chi connectivity index (χ2n) is 4.85. The molecule has 2 rings (SSSR count). The van der Waals surface area contributed by atoms with Crippen LogP contribution in [0.15, 0.2) is 24.3 Å². The van der Waals surface area contributed by atoms with E-state index >= 15 is 0 Å². The first kappa shape index (κ1) is 19.1. The lowest BCUT2D eigenvalue weighted by Gasteiger charge is -2.36. The van der Waals surface area contributed by atoms with Crippen molar-refractivity contribution in [2.24, 2.45) is 0 Å². The average Bonchev–Trinajstić information content (AvgIpc) is 2.38. The molecule has 126 valence electrons. The first-order valence-electron chi connectivity index (χ1n) is 6.38. The Morgan fingerprint density at radius 3 is 2.09 bits per heavy atom. The molecule has 9 heteroatoms. The Bertz CT molecular complexity index is 482. The third-order valence-electron chi connectivity index (χ3n) is 3.36. The van der Waals surface area contributed by atoms with Crippen LogP contribution < -0.4 is 5.32 Å². The van der Waals surface area contributed by atoms with E-state index in [-0.39, 0.29) is 31.1 Å². The molecule has 1 aromatic carbocycles. The van der Waals surface area contributed by atoms with Crippen molar-refractivity contribution in [2.75, 3.05) is 26.2 Å². The first-order valence-corrected chi connectivity index (χ1v) is 6.38. The zero-order valence-corrected chi connectivity index (χ0v) is 12.2. The molecule has 1 N–H and O–H groups in total. The molecular weight excluding hydrogens is 334 g/mol. The van der Waals surface area contributed by atoms with Gasteiger partial charge in [-0.25, -0.2) is 0 Å². The monoisotopic (exact) mass is 348 g/mol. The SMILES string of the molecule is Cl.FC(F)(F)c1cccc([C@H](N2CCNCC2)C(F)(F)F)c1. The van der Waals surface area contributed by atoms with Gasteiger partial charge in [0.2, 0.25) is 0 Å². The number of hydrogen-bond donors (Lipinski definition) is 1. The fourth-order valence-corrected chi connectivity index (χ4v) is 2.43. The Morgan fingerprint density at radius 2 is 1.59 bits per heavy atom. The van der Waals surface area contributed by atoms with E-state index in [1.807, 2.05) is 0 Å². The number of benzene rings is 1. The van der Waals surface area contributed by atoms with Gasteiger partial charge >= 0.3 is 12.4 Å². The molecule has 1 aliphatic heterocycles. The summed E-state index contributed by atoms with van der Waals surface area (Å²) in [6.45, 7) is 1.04. The number of alkyl halides is 6. The van der Waals surface area contributed by atoms with Crippen molar-refractivity contribution in [1.29, 1.82) is 0 Å². The van der Waals surface area contributed by atoms with Gasteiger partial charge in [0, 0.05) is 26.2 Å². The minimum absolute atomic E-state index is 0. The summed E-state index contributed by atoms with van der Waals surface area (Å²) in [7, 11) is 0. The summed E-state index contributed by atoms with van der Waals surface area (Å²) >= 11 is 0.